The molecule has 0 unspecified atom stereocenters. The molecule has 30 heavy (non-hydrogen) atoms. The van der Waals surface area contributed by atoms with Crippen molar-refractivity contribution in [2.24, 2.45) is 0 Å². The predicted octanol–water partition coefficient (Wildman–Crippen LogP) is 3.64. The fourth-order valence-corrected chi connectivity index (χ4v) is 4.02. The van der Waals surface area contributed by atoms with E-state index in [1.54, 1.807) is 29.7 Å². The molecule has 1 heterocycles. The Morgan fingerprint density at radius 2 is 1.77 bits per heavy atom. The van der Waals surface area contributed by atoms with Crippen LogP contribution in [-0.4, -0.2) is 27.9 Å². The monoisotopic (exact) mass is 404 g/mol. The number of carbonyl (C=O) groups excluding carboxylic acids is 2. The van der Waals surface area contributed by atoms with Gasteiger partial charge in [-0.2, -0.15) is 0 Å². The molecule has 0 saturated carbocycles. The maximum absolute atomic E-state index is 12.5. The van der Waals surface area contributed by atoms with Gasteiger partial charge < -0.3 is 9.30 Å². The normalized spacial score (nSPS) is 13.1. The first-order valence-corrected chi connectivity index (χ1v) is 10.3. The molecule has 1 aliphatic carbocycles. The summed E-state index contributed by atoms with van der Waals surface area (Å²) in [5.41, 5.74) is 4.84. The standard InChI is InChI=1S/C24H24N2O4/c1-3-26-21-11-10-19(13-20(21)25-15(2)23(26)28)24(29)30-14-22(27)18-9-8-16-6-4-5-7-17(16)12-18/h8-13H,3-7,14H2,1-2H3. The number of hydrogen-bond donors (Lipinski definition) is 0. The lowest BCUT2D eigenvalue weighted by Crippen LogP contribution is -2.23. The summed E-state index contributed by atoms with van der Waals surface area (Å²) >= 11 is 0. The summed E-state index contributed by atoms with van der Waals surface area (Å²) in [5, 5.41) is 0. The molecular formula is C24H24N2O4. The zero-order valence-electron chi connectivity index (χ0n) is 17.2. The molecular weight excluding hydrogens is 380 g/mol. The number of hydrogen-bond acceptors (Lipinski definition) is 5. The highest BCUT2D eigenvalue weighted by atomic mass is 16.5. The topological polar surface area (TPSA) is 78.3 Å². The molecule has 2 aromatic carbocycles. The minimum absolute atomic E-state index is 0.143. The average molecular weight is 404 g/mol. The quantitative estimate of drug-likeness (QED) is 0.479. The Labute approximate surface area is 174 Å². The van der Waals surface area contributed by atoms with E-state index in [-0.39, 0.29) is 17.9 Å². The molecule has 6 nitrogen and oxygen atoms in total. The van der Waals surface area contributed by atoms with E-state index in [0.29, 0.717) is 34.4 Å². The molecule has 0 fully saturated rings. The molecule has 154 valence electrons. The molecule has 4 rings (SSSR count). The first kappa shape index (κ1) is 20.0. The SMILES string of the molecule is CCn1c(=O)c(C)nc2cc(C(=O)OCC(=O)c3ccc4c(c3)CCCC4)ccc21. The van der Waals surface area contributed by atoms with Crippen molar-refractivity contribution in [1.82, 2.24) is 9.55 Å². The second kappa shape index (κ2) is 8.22. The van der Waals surface area contributed by atoms with Gasteiger partial charge in [-0.05, 0) is 74.9 Å². The first-order valence-electron chi connectivity index (χ1n) is 10.3. The second-order valence-electron chi connectivity index (χ2n) is 7.64. The highest BCUT2D eigenvalue weighted by Gasteiger charge is 2.16. The number of ketones is 1. The lowest BCUT2D eigenvalue weighted by Gasteiger charge is -2.16. The van der Waals surface area contributed by atoms with Crippen molar-refractivity contribution in [3.05, 3.63) is 74.7 Å². The number of aryl methyl sites for hydroxylation is 4. The first-order chi connectivity index (χ1) is 14.5. The van der Waals surface area contributed by atoms with Crippen molar-refractivity contribution in [1.29, 1.82) is 0 Å². The number of esters is 1. The molecule has 0 saturated heterocycles. The minimum atomic E-state index is -0.586. The molecule has 0 N–H and O–H groups in total. The van der Waals surface area contributed by atoms with Crippen molar-refractivity contribution in [3.63, 3.8) is 0 Å². The van der Waals surface area contributed by atoms with Gasteiger partial charge in [0, 0.05) is 12.1 Å². The van der Waals surface area contributed by atoms with Gasteiger partial charge >= 0.3 is 5.97 Å². The summed E-state index contributed by atoms with van der Waals surface area (Å²) in [7, 11) is 0. The average Bonchev–Trinajstić information content (AvgIpc) is 2.77. The van der Waals surface area contributed by atoms with Crippen LogP contribution in [0.3, 0.4) is 0 Å². The van der Waals surface area contributed by atoms with Crippen LogP contribution < -0.4 is 5.56 Å². The lowest BCUT2D eigenvalue weighted by molar-refractivity contribution is 0.0475. The van der Waals surface area contributed by atoms with E-state index in [9.17, 15) is 14.4 Å². The highest BCUT2D eigenvalue weighted by Crippen LogP contribution is 2.22. The Morgan fingerprint density at radius 3 is 2.53 bits per heavy atom. The van der Waals surface area contributed by atoms with Crippen LogP contribution in [0.1, 0.15) is 57.3 Å². The van der Waals surface area contributed by atoms with Gasteiger partial charge in [-0.15, -0.1) is 0 Å². The van der Waals surface area contributed by atoms with Crippen LogP contribution >= 0.6 is 0 Å². The maximum atomic E-state index is 12.5. The van der Waals surface area contributed by atoms with E-state index in [1.165, 1.54) is 17.5 Å². The van der Waals surface area contributed by atoms with Crippen molar-refractivity contribution < 1.29 is 14.3 Å². The Bertz CT molecular complexity index is 1210. The summed E-state index contributed by atoms with van der Waals surface area (Å²) in [6.07, 6.45) is 4.37. The third kappa shape index (κ3) is 3.77. The van der Waals surface area contributed by atoms with Crippen LogP contribution in [0.15, 0.2) is 41.2 Å². The predicted molar refractivity (Wildman–Crippen MR) is 114 cm³/mol. The maximum Gasteiger partial charge on any atom is 0.338 e. The second-order valence-corrected chi connectivity index (χ2v) is 7.64. The fourth-order valence-electron chi connectivity index (χ4n) is 4.02. The molecule has 0 amide bonds. The van der Waals surface area contributed by atoms with E-state index in [0.717, 1.165) is 19.3 Å². The van der Waals surface area contributed by atoms with E-state index < -0.39 is 5.97 Å². The summed E-state index contributed by atoms with van der Waals surface area (Å²) < 4.78 is 6.88. The van der Waals surface area contributed by atoms with Crippen LogP contribution in [0, 0.1) is 6.92 Å². The van der Waals surface area contributed by atoms with Crippen molar-refractivity contribution in [2.75, 3.05) is 6.61 Å². The van der Waals surface area contributed by atoms with Crippen LogP contribution in [0.25, 0.3) is 11.0 Å². The largest absolute Gasteiger partial charge is 0.454 e. The van der Waals surface area contributed by atoms with E-state index >= 15 is 0 Å². The van der Waals surface area contributed by atoms with E-state index in [4.69, 9.17) is 4.74 Å². The Kier molecular flexibility index (Phi) is 5.48. The summed E-state index contributed by atoms with van der Waals surface area (Å²) in [4.78, 5) is 41.5. The smallest absolute Gasteiger partial charge is 0.338 e. The van der Waals surface area contributed by atoms with E-state index in [2.05, 4.69) is 4.98 Å². The number of ether oxygens (including phenoxy) is 1. The molecule has 0 atom stereocenters. The van der Waals surface area contributed by atoms with Crippen molar-refractivity contribution in [3.8, 4) is 0 Å². The molecule has 3 aromatic rings. The highest BCUT2D eigenvalue weighted by molar-refractivity contribution is 6.00. The van der Waals surface area contributed by atoms with Gasteiger partial charge in [0.25, 0.3) is 5.56 Å². The lowest BCUT2D eigenvalue weighted by atomic mass is 9.90. The van der Waals surface area contributed by atoms with Gasteiger partial charge in [-0.1, -0.05) is 12.1 Å². The molecule has 1 aromatic heterocycles. The molecule has 0 spiro atoms. The molecule has 0 aliphatic heterocycles. The van der Waals surface area contributed by atoms with Crippen molar-refractivity contribution >= 4 is 22.8 Å². The van der Waals surface area contributed by atoms with Crippen LogP contribution in [-0.2, 0) is 24.1 Å². The molecule has 0 radical (unpaired) electrons. The van der Waals surface area contributed by atoms with Gasteiger partial charge in [0.05, 0.1) is 16.6 Å². The summed E-state index contributed by atoms with van der Waals surface area (Å²) in [6, 6.07) is 10.6. The fraction of sp³-hybridized carbons (Fsp3) is 0.333. The number of carbonyl (C=O) groups is 2. The third-order valence-corrected chi connectivity index (χ3v) is 5.67. The number of nitrogens with zero attached hydrogens (tertiary/aromatic N) is 2. The van der Waals surface area contributed by atoms with Gasteiger partial charge in [0.15, 0.2) is 12.4 Å². The Morgan fingerprint density at radius 1 is 1.03 bits per heavy atom. The van der Waals surface area contributed by atoms with Gasteiger partial charge in [-0.3, -0.25) is 9.59 Å². The Hall–Kier alpha value is -3.28. The number of Topliss-reactive ketones (excluding diaryl/α,β-unsaturated/α-hetero) is 1. The summed E-state index contributed by atoms with van der Waals surface area (Å²) in [6.45, 7) is 3.74. The number of fused-ring (bicyclic) bond motifs is 2. The van der Waals surface area contributed by atoms with Gasteiger partial charge in [0.1, 0.15) is 5.69 Å². The van der Waals surface area contributed by atoms with Crippen LogP contribution in [0.4, 0.5) is 0 Å². The number of rotatable bonds is 5. The molecule has 0 bridgehead atoms. The van der Waals surface area contributed by atoms with Crippen LogP contribution in [0.2, 0.25) is 0 Å². The third-order valence-electron chi connectivity index (χ3n) is 5.67. The molecule has 1 aliphatic rings. The van der Waals surface area contributed by atoms with Gasteiger partial charge in [0.2, 0.25) is 0 Å². The van der Waals surface area contributed by atoms with Gasteiger partial charge in [-0.25, -0.2) is 9.78 Å². The van der Waals surface area contributed by atoms with E-state index in [1.807, 2.05) is 25.1 Å². The zero-order valence-corrected chi connectivity index (χ0v) is 17.2. The minimum Gasteiger partial charge on any atom is -0.454 e. The Balaban J connectivity index is 1.50. The van der Waals surface area contributed by atoms with Crippen molar-refractivity contribution in [2.45, 2.75) is 46.1 Å². The summed E-state index contributed by atoms with van der Waals surface area (Å²) in [5.74, 6) is -0.803. The number of aromatic nitrogens is 2. The zero-order chi connectivity index (χ0) is 21.3. The number of benzene rings is 2. The van der Waals surface area contributed by atoms with Crippen LogP contribution in [0.5, 0.6) is 0 Å². The molecule has 6 heteroatoms.